The molecule has 1 N–H and O–H groups in total. The highest BCUT2D eigenvalue weighted by Gasteiger charge is 2.34. The zero-order valence-corrected chi connectivity index (χ0v) is 17.3. The Morgan fingerprint density at radius 1 is 1.19 bits per heavy atom. The summed E-state index contributed by atoms with van der Waals surface area (Å²) < 4.78 is 6.97. The molecule has 1 amide bonds. The summed E-state index contributed by atoms with van der Waals surface area (Å²) in [6.07, 6.45) is 4.91. The van der Waals surface area contributed by atoms with E-state index in [-0.39, 0.29) is 5.91 Å². The van der Waals surface area contributed by atoms with Gasteiger partial charge in [-0.1, -0.05) is 45.4 Å². The van der Waals surface area contributed by atoms with Crippen LogP contribution in [0.3, 0.4) is 0 Å². The normalized spacial score (nSPS) is 12.8. The second kappa shape index (κ2) is 9.27. The number of amides is 1. The number of rotatable bonds is 8. The highest BCUT2D eigenvalue weighted by Crippen LogP contribution is 2.24. The molecule has 27 heavy (non-hydrogen) atoms. The Kier molecular flexibility index (Phi) is 7.31. The van der Waals surface area contributed by atoms with Crippen molar-refractivity contribution >= 4 is 34.4 Å². The van der Waals surface area contributed by atoms with Crippen LogP contribution in [0.25, 0.3) is 10.9 Å². The maximum absolute atomic E-state index is 13.0. The minimum Gasteiger partial charge on any atom is -0.467 e. The van der Waals surface area contributed by atoms with Gasteiger partial charge in [-0.3, -0.25) is 4.79 Å². The van der Waals surface area contributed by atoms with Crippen molar-refractivity contribution in [2.45, 2.75) is 52.6 Å². The summed E-state index contributed by atoms with van der Waals surface area (Å²) in [4.78, 5) is 25.1. The van der Waals surface area contributed by atoms with Crippen molar-refractivity contribution in [2.24, 2.45) is 5.41 Å². The van der Waals surface area contributed by atoms with E-state index in [0.717, 1.165) is 36.7 Å². The number of nitrogens with one attached hydrogen (secondary N) is 1. The fraction of sp³-hybridized carbons (Fsp3) is 0.524. The van der Waals surface area contributed by atoms with E-state index in [4.69, 9.17) is 16.3 Å². The van der Waals surface area contributed by atoms with E-state index >= 15 is 0 Å². The fourth-order valence-corrected chi connectivity index (χ4v) is 3.31. The lowest BCUT2D eigenvalue weighted by Crippen LogP contribution is -2.49. The van der Waals surface area contributed by atoms with Gasteiger partial charge in [-0.15, -0.1) is 11.6 Å². The Hall–Kier alpha value is -2.01. The third-order valence-electron chi connectivity index (χ3n) is 4.64. The van der Waals surface area contributed by atoms with Crippen LogP contribution in [0.15, 0.2) is 30.5 Å². The van der Waals surface area contributed by atoms with Crippen LogP contribution in [0.1, 0.15) is 50.4 Å². The zero-order valence-electron chi connectivity index (χ0n) is 16.5. The second-order valence-corrected chi connectivity index (χ2v) is 8.18. The minimum atomic E-state index is -0.721. The van der Waals surface area contributed by atoms with Crippen molar-refractivity contribution < 1.29 is 14.3 Å². The van der Waals surface area contributed by atoms with Gasteiger partial charge in [0.1, 0.15) is 6.04 Å². The number of hydrogen-bond acceptors (Lipinski definition) is 3. The second-order valence-electron chi connectivity index (χ2n) is 7.80. The molecule has 2 rings (SSSR count). The molecule has 0 aliphatic rings. The van der Waals surface area contributed by atoms with Gasteiger partial charge >= 0.3 is 5.97 Å². The number of halogens is 1. The minimum absolute atomic E-state index is 0.268. The Labute approximate surface area is 166 Å². The highest BCUT2D eigenvalue weighted by atomic mass is 35.5. The van der Waals surface area contributed by atoms with Gasteiger partial charge in [0, 0.05) is 29.5 Å². The number of fused-ring (bicyclic) bond motifs is 1. The number of nitrogens with zero attached hydrogens (tertiary/aromatic N) is 1. The number of benzene rings is 1. The summed E-state index contributed by atoms with van der Waals surface area (Å²) in [6.45, 7) is 6.52. The van der Waals surface area contributed by atoms with Gasteiger partial charge in [-0.2, -0.15) is 0 Å². The van der Waals surface area contributed by atoms with E-state index in [9.17, 15) is 9.59 Å². The fourth-order valence-electron chi connectivity index (χ4n) is 3.12. The Morgan fingerprint density at radius 2 is 1.89 bits per heavy atom. The molecule has 0 bridgehead atoms. The number of carbonyl (C=O) groups excluding carboxylic acids is 2. The predicted octanol–water partition coefficient (Wildman–Crippen LogP) is 4.37. The Bertz CT molecular complexity index is 792. The van der Waals surface area contributed by atoms with Crippen LogP contribution in [-0.2, 0) is 16.1 Å². The van der Waals surface area contributed by atoms with Gasteiger partial charge in [0.15, 0.2) is 0 Å². The third kappa shape index (κ3) is 5.25. The topological polar surface area (TPSA) is 60.3 Å². The van der Waals surface area contributed by atoms with E-state index in [1.807, 2.05) is 51.2 Å². The van der Waals surface area contributed by atoms with Gasteiger partial charge in [-0.05, 0) is 24.3 Å². The monoisotopic (exact) mass is 392 g/mol. The van der Waals surface area contributed by atoms with Crippen molar-refractivity contribution in [3.8, 4) is 0 Å². The molecule has 1 atom stereocenters. The van der Waals surface area contributed by atoms with E-state index < -0.39 is 17.4 Å². The summed E-state index contributed by atoms with van der Waals surface area (Å²) in [5.41, 5.74) is 1.13. The number of ether oxygens (including phenoxy) is 1. The predicted molar refractivity (Wildman–Crippen MR) is 109 cm³/mol. The van der Waals surface area contributed by atoms with Crippen molar-refractivity contribution in [2.75, 3.05) is 13.0 Å². The van der Waals surface area contributed by atoms with Crippen LogP contribution >= 0.6 is 11.6 Å². The molecule has 1 aromatic heterocycles. The molecule has 5 nitrogen and oxygen atoms in total. The van der Waals surface area contributed by atoms with Crippen molar-refractivity contribution in [1.82, 2.24) is 9.88 Å². The zero-order chi connectivity index (χ0) is 20.0. The first-order chi connectivity index (χ1) is 12.8. The van der Waals surface area contributed by atoms with Gasteiger partial charge in [0.25, 0.3) is 5.91 Å². The summed E-state index contributed by atoms with van der Waals surface area (Å²) in [5.74, 6) is -0.0429. The molecule has 0 fully saturated rings. The van der Waals surface area contributed by atoms with Crippen LogP contribution in [0.2, 0.25) is 0 Å². The first kappa shape index (κ1) is 21.3. The van der Waals surface area contributed by atoms with E-state index in [1.54, 1.807) is 0 Å². The van der Waals surface area contributed by atoms with Crippen LogP contribution in [0, 0.1) is 5.41 Å². The first-order valence-corrected chi connectivity index (χ1v) is 9.85. The van der Waals surface area contributed by atoms with Crippen LogP contribution in [0.5, 0.6) is 0 Å². The molecular formula is C21H29ClN2O3. The maximum atomic E-state index is 13.0. The molecule has 2 aromatic rings. The highest BCUT2D eigenvalue weighted by molar-refractivity contribution is 6.17. The number of alkyl halides is 1. The van der Waals surface area contributed by atoms with E-state index in [2.05, 4.69) is 9.88 Å². The quantitative estimate of drug-likeness (QED) is 0.412. The first-order valence-electron chi connectivity index (χ1n) is 9.32. The average molecular weight is 393 g/mol. The number of unbranched alkanes of at least 4 members (excludes halogenated alkanes) is 2. The van der Waals surface area contributed by atoms with Gasteiger partial charge in [0.2, 0.25) is 0 Å². The Balaban J connectivity index is 2.28. The van der Waals surface area contributed by atoms with Crippen molar-refractivity contribution in [3.05, 3.63) is 36.0 Å². The van der Waals surface area contributed by atoms with Crippen molar-refractivity contribution in [3.63, 3.8) is 0 Å². The molecule has 1 heterocycles. The summed E-state index contributed by atoms with van der Waals surface area (Å²) >= 11 is 5.75. The summed E-state index contributed by atoms with van der Waals surface area (Å²) in [5, 5.41) is 3.74. The number of para-hydroxylation sites is 1. The van der Waals surface area contributed by atoms with Gasteiger partial charge < -0.3 is 14.6 Å². The van der Waals surface area contributed by atoms with Gasteiger partial charge in [0.05, 0.1) is 12.7 Å². The van der Waals surface area contributed by atoms with Gasteiger partial charge in [-0.25, -0.2) is 4.79 Å². The number of aryl methyl sites for hydroxylation is 1. The third-order valence-corrected chi connectivity index (χ3v) is 4.91. The molecule has 0 radical (unpaired) electrons. The molecule has 0 spiro atoms. The maximum Gasteiger partial charge on any atom is 0.328 e. The van der Waals surface area contributed by atoms with Crippen LogP contribution in [-0.4, -0.2) is 35.5 Å². The molecular weight excluding hydrogens is 364 g/mol. The van der Waals surface area contributed by atoms with E-state index in [0.29, 0.717) is 11.4 Å². The number of aromatic nitrogens is 1. The smallest absolute Gasteiger partial charge is 0.328 e. The molecule has 1 aromatic carbocycles. The van der Waals surface area contributed by atoms with Crippen LogP contribution < -0.4 is 5.32 Å². The molecule has 0 unspecified atom stereocenters. The largest absolute Gasteiger partial charge is 0.467 e. The molecule has 148 valence electrons. The Morgan fingerprint density at radius 3 is 2.52 bits per heavy atom. The summed E-state index contributed by atoms with van der Waals surface area (Å²) in [6, 6.07) is 7.10. The number of esters is 1. The SMILES string of the molecule is COC(=O)[C@@H](NC(=O)c1cn(CCCCCCl)c2ccccc12)C(C)(C)C. The summed E-state index contributed by atoms with van der Waals surface area (Å²) in [7, 11) is 1.33. The number of methoxy groups -OCH3 is 1. The molecule has 6 heteroatoms. The van der Waals surface area contributed by atoms with E-state index in [1.165, 1.54) is 7.11 Å². The molecule has 0 saturated carbocycles. The number of hydrogen-bond donors (Lipinski definition) is 1. The standard InChI is InChI=1S/C21H29ClN2O3/c1-21(2,3)18(20(26)27-4)23-19(25)16-14-24(13-9-5-8-12-22)17-11-7-6-10-15(16)17/h6-7,10-11,14,18H,5,8-9,12-13H2,1-4H3,(H,23,25)/t18-/m1/s1. The average Bonchev–Trinajstić information content (AvgIpc) is 3.00. The molecule has 0 aliphatic heterocycles. The van der Waals surface area contributed by atoms with Crippen molar-refractivity contribution in [1.29, 1.82) is 0 Å². The lowest BCUT2D eigenvalue weighted by molar-refractivity contribution is -0.145. The lowest BCUT2D eigenvalue weighted by Gasteiger charge is -2.28. The lowest BCUT2D eigenvalue weighted by atomic mass is 9.86. The van der Waals surface area contributed by atoms with Crippen LogP contribution in [0.4, 0.5) is 0 Å². The molecule has 0 aliphatic carbocycles. The number of carbonyl (C=O) groups is 2. The molecule has 0 saturated heterocycles.